The first kappa shape index (κ1) is 9.23. The topological polar surface area (TPSA) is 37.4 Å². The Hall–Kier alpha value is 0.230. The third-order valence-corrected chi connectivity index (χ3v) is 2.88. The maximum absolute atomic E-state index is 10.5. The van der Waals surface area contributed by atoms with Gasteiger partial charge in [-0.1, -0.05) is 6.08 Å². The second-order valence-corrected chi connectivity index (χ2v) is 4.35. The van der Waals surface area contributed by atoms with E-state index in [1.165, 1.54) is 6.08 Å². The summed E-state index contributed by atoms with van der Waals surface area (Å²) in [4.78, 5) is 0. The van der Waals surface area contributed by atoms with Crippen LogP contribution in [0.1, 0.15) is 0 Å². The van der Waals surface area contributed by atoms with Gasteiger partial charge in [0.15, 0.2) is 0 Å². The van der Waals surface area contributed by atoms with Crippen LogP contribution in [0.5, 0.6) is 0 Å². The van der Waals surface area contributed by atoms with E-state index in [1.54, 1.807) is 0 Å². The molecular weight excluding hydrogens is 185 g/mol. The molecule has 54 valence electrons. The Balaban J connectivity index is 4.22. The van der Waals surface area contributed by atoms with Gasteiger partial charge in [-0.2, -0.15) is 0 Å². The summed E-state index contributed by atoms with van der Waals surface area (Å²) in [6, 6.07) is 0. The fourth-order valence-electron chi connectivity index (χ4n) is 0.205. The van der Waals surface area contributed by atoms with Gasteiger partial charge in [0, 0.05) is 23.6 Å². The molecule has 0 saturated carbocycles. The van der Waals surface area contributed by atoms with Crippen LogP contribution in [0.25, 0.3) is 0 Å². The largest absolute Gasteiger partial charge is 0.245 e. The highest BCUT2D eigenvalue weighted by Crippen LogP contribution is 2.08. The minimum absolute atomic E-state index is 0.120. The first-order valence-electron chi connectivity index (χ1n) is 1.96. The quantitative estimate of drug-likeness (QED) is 0.493. The Labute approximate surface area is 64.1 Å². The number of nitrogens with zero attached hydrogens (tertiary/aromatic N) is 1. The molecule has 0 spiro atoms. The second kappa shape index (κ2) is 3.41. The van der Waals surface area contributed by atoms with Crippen molar-refractivity contribution in [1.82, 2.24) is 3.34 Å². The van der Waals surface area contributed by atoms with E-state index in [1.807, 2.05) is 0 Å². The van der Waals surface area contributed by atoms with Gasteiger partial charge in [0.25, 0.3) is 0 Å². The Morgan fingerprint density at radius 3 is 2.11 bits per heavy atom. The van der Waals surface area contributed by atoms with Crippen molar-refractivity contribution >= 4 is 33.6 Å². The minimum atomic E-state index is -3.50. The van der Waals surface area contributed by atoms with Crippen molar-refractivity contribution in [2.24, 2.45) is 0 Å². The van der Waals surface area contributed by atoms with Crippen molar-refractivity contribution in [2.45, 2.75) is 0 Å². The average Bonchev–Trinajstić information content (AvgIpc) is 1.65. The number of sulfonamides is 1. The summed E-state index contributed by atoms with van der Waals surface area (Å²) in [7, 11) is -3.50. The van der Waals surface area contributed by atoms with Crippen molar-refractivity contribution in [3.05, 3.63) is 12.7 Å². The van der Waals surface area contributed by atoms with Crippen LogP contribution in [-0.4, -0.2) is 17.5 Å². The zero-order valence-electron chi connectivity index (χ0n) is 4.42. The van der Waals surface area contributed by atoms with Gasteiger partial charge in [0.2, 0.25) is 10.0 Å². The van der Waals surface area contributed by atoms with Crippen LogP contribution < -0.4 is 0 Å². The maximum atomic E-state index is 10.5. The van der Waals surface area contributed by atoms with Crippen molar-refractivity contribution in [3.63, 3.8) is 0 Å². The lowest BCUT2D eigenvalue weighted by Crippen LogP contribution is -2.14. The first-order valence-corrected chi connectivity index (χ1v) is 4.24. The van der Waals surface area contributed by atoms with E-state index in [2.05, 4.69) is 6.58 Å². The molecule has 0 aliphatic rings. The number of rotatable bonds is 3. The molecule has 0 aromatic rings. The summed E-state index contributed by atoms with van der Waals surface area (Å²) in [6.45, 7) is 3.21. The third-order valence-electron chi connectivity index (χ3n) is 0.539. The van der Waals surface area contributed by atoms with Gasteiger partial charge in [0.05, 0.1) is 5.75 Å². The lowest BCUT2D eigenvalue weighted by molar-refractivity contribution is 0.583. The molecule has 0 bridgehead atoms. The fraction of sp³-hybridized carbons (Fsp3) is 0.333. The molecule has 0 radical (unpaired) electrons. The van der Waals surface area contributed by atoms with Gasteiger partial charge in [-0.25, -0.2) is 8.42 Å². The van der Waals surface area contributed by atoms with E-state index >= 15 is 0 Å². The van der Waals surface area contributed by atoms with Gasteiger partial charge in [-0.05, 0) is 3.34 Å². The molecule has 6 heteroatoms. The zero-order chi connectivity index (χ0) is 7.49. The van der Waals surface area contributed by atoms with E-state index in [9.17, 15) is 8.42 Å². The molecule has 0 aliphatic heterocycles. The lowest BCUT2D eigenvalue weighted by atomic mass is 10.8. The van der Waals surface area contributed by atoms with Crippen LogP contribution in [0, 0.1) is 0 Å². The predicted molar refractivity (Wildman–Crippen MR) is 37.5 cm³/mol. The summed E-state index contributed by atoms with van der Waals surface area (Å²) >= 11 is 9.82. The predicted octanol–water partition coefficient (Wildman–Crippen LogP) is 1.11. The summed E-state index contributed by atoms with van der Waals surface area (Å²) in [6.07, 6.45) is 1.20. The fourth-order valence-corrected chi connectivity index (χ4v) is 0.954. The van der Waals surface area contributed by atoms with Crippen LogP contribution >= 0.6 is 23.6 Å². The molecule has 0 fully saturated rings. The number of hydrogen-bond acceptors (Lipinski definition) is 2. The Morgan fingerprint density at radius 1 is 1.56 bits per heavy atom. The molecule has 0 atom stereocenters. The Morgan fingerprint density at radius 2 is 2.00 bits per heavy atom. The molecule has 0 rings (SSSR count). The minimum Gasteiger partial charge on any atom is -0.209 e. The highest BCUT2D eigenvalue weighted by atomic mass is 35.5. The average molecular weight is 190 g/mol. The molecular formula is C3H5Cl2NO2S. The molecule has 0 amide bonds. The van der Waals surface area contributed by atoms with Crippen LogP contribution in [0.2, 0.25) is 0 Å². The van der Waals surface area contributed by atoms with Crippen LogP contribution in [-0.2, 0) is 10.0 Å². The van der Waals surface area contributed by atoms with Crippen molar-refractivity contribution in [3.8, 4) is 0 Å². The highest BCUT2D eigenvalue weighted by Gasteiger charge is 2.14. The molecule has 3 nitrogen and oxygen atoms in total. The first-order chi connectivity index (χ1) is 4.00. The monoisotopic (exact) mass is 189 g/mol. The van der Waals surface area contributed by atoms with Crippen molar-refractivity contribution < 1.29 is 8.42 Å². The van der Waals surface area contributed by atoms with Gasteiger partial charge >= 0.3 is 0 Å². The number of halogens is 2. The molecule has 0 aliphatic carbocycles. The SMILES string of the molecule is C=CCS(=O)(=O)N(Cl)Cl. The normalized spacial score (nSPS) is 11.9. The van der Waals surface area contributed by atoms with Gasteiger partial charge in [-0.3, -0.25) is 0 Å². The second-order valence-electron chi connectivity index (χ2n) is 1.24. The molecule has 0 heterocycles. The van der Waals surface area contributed by atoms with E-state index in [4.69, 9.17) is 23.6 Å². The van der Waals surface area contributed by atoms with Crippen LogP contribution in [0.4, 0.5) is 0 Å². The molecule has 9 heavy (non-hydrogen) atoms. The van der Waals surface area contributed by atoms with E-state index in [0.29, 0.717) is 0 Å². The molecule has 0 N–H and O–H groups in total. The van der Waals surface area contributed by atoms with E-state index in [-0.39, 0.29) is 9.10 Å². The van der Waals surface area contributed by atoms with Crippen molar-refractivity contribution in [1.29, 1.82) is 0 Å². The third kappa shape index (κ3) is 3.05. The van der Waals surface area contributed by atoms with Crippen molar-refractivity contribution in [2.75, 3.05) is 5.75 Å². The van der Waals surface area contributed by atoms with E-state index in [0.717, 1.165) is 0 Å². The number of hydrogen-bond donors (Lipinski definition) is 0. The highest BCUT2D eigenvalue weighted by molar-refractivity contribution is 7.91. The summed E-state index contributed by atoms with van der Waals surface area (Å²) in [5.74, 6) is -0.250. The summed E-state index contributed by atoms with van der Waals surface area (Å²) < 4.78 is 21.2. The molecule has 0 aromatic carbocycles. The molecule has 0 unspecified atom stereocenters. The Kier molecular flexibility index (Phi) is 3.50. The lowest BCUT2D eigenvalue weighted by Gasteiger charge is -2.00. The molecule has 0 aromatic heterocycles. The summed E-state index contributed by atoms with van der Waals surface area (Å²) in [5.41, 5.74) is 0. The standard InChI is InChI=1S/C3H5Cl2NO2S/c1-2-3-9(7,8)6(4)5/h2H,1,3H2. The van der Waals surface area contributed by atoms with Crippen LogP contribution in [0.15, 0.2) is 12.7 Å². The molecule has 0 saturated heterocycles. The van der Waals surface area contributed by atoms with Gasteiger partial charge in [0.1, 0.15) is 0 Å². The van der Waals surface area contributed by atoms with E-state index < -0.39 is 10.0 Å². The Bertz CT molecular complexity index is 186. The zero-order valence-corrected chi connectivity index (χ0v) is 6.75. The van der Waals surface area contributed by atoms with Crippen LogP contribution in [0.3, 0.4) is 0 Å². The maximum Gasteiger partial charge on any atom is 0.245 e. The summed E-state index contributed by atoms with van der Waals surface area (Å²) in [5, 5.41) is 0. The van der Waals surface area contributed by atoms with Gasteiger partial charge in [-0.15, -0.1) is 6.58 Å². The smallest absolute Gasteiger partial charge is 0.209 e. The van der Waals surface area contributed by atoms with Gasteiger partial charge < -0.3 is 0 Å².